The van der Waals surface area contributed by atoms with Gasteiger partial charge in [0.2, 0.25) is 0 Å². The number of ether oxygens (including phenoxy) is 1. The van der Waals surface area contributed by atoms with Gasteiger partial charge in [-0.25, -0.2) is 0 Å². The average molecular weight is 399 g/mol. The highest BCUT2D eigenvalue weighted by molar-refractivity contribution is 5.38. The highest BCUT2D eigenvalue weighted by Crippen LogP contribution is 2.72. The fourth-order valence-corrected chi connectivity index (χ4v) is 8.51. The zero-order valence-corrected chi connectivity index (χ0v) is 19.3. The van der Waals surface area contributed by atoms with Gasteiger partial charge in [-0.3, -0.25) is 0 Å². The van der Waals surface area contributed by atoms with Crippen LogP contribution in [0.2, 0.25) is 0 Å². The second-order valence-corrected chi connectivity index (χ2v) is 12.2. The topological polar surface area (TPSA) is 32.8 Å². The molecule has 5 aliphatic rings. The van der Waals surface area contributed by atoms with Crippen LogP contribution < -0.4 is 0 Å². The normalized spacial score (nSPS) is 51.8. The molecule has 162 valence electrons. The van der Waals surface area contributed by atoms with Gasteiger partial charge in [0.05, 0.1) is 6.10 Å². The van der Waals surface area contributed by atoms with Gasteiger partial charge in [-0.2, -0.15) is 0 Å². The lowest BCUT2D eigenvalue weighted by Crippen LogP contribution is -2.55. The van der Waals surface area contributed by atoms with Crippen LogP contribution in [0, 0.1) is 40.4 Å². The Balaban J connectivity index is 1.40. The van der Waals surface area contributed by atoms with E-state index in [0.29, 0.717) is 17.3 Å². The molecule has 1 aliphatic heterocycles. The first-order valence-electron chi connectivity index (χ1n) is 12.5. The van der Waals surface area contributed by atoms with Crippen molar-refractivity contribution in [2.24, 2.45) is 40.4 Å². The Morgan fingerprint density at radius 1 is 1.10 bits per heavy atom. The predicted molar refractivity (Wildman–Crippen MR) is 118 cm³/mol. The van der Waals surface area contributed by atoms with E-state index in [4.69, 9.17) is 4.74 Å². The Morgan fingerprint density at radius 2 is 1.90 bits per heavy atom. The van der Waals surface area contributed by atoms with Crippen LogP contribution in [0.4, 0.5) is 0 Å². The first kappa shape index (κ1) is 20.3. The standard InChI is InChI=1S/C27H42O2/c1-17(2)7-6-8-18(3)21-9-10-22-20-15-24-27(29-24)16-19(28)11-14-26(27,5)23(20)12-13-25(21,22)4/h6,8,15,17-19,21-24,28H,7,9-14,16H2,1-5H3. The van der Waals surface area contributed by atoms with Crippen LogP contribution in [0.25, 0.3) is 0 Å². The molecular weight excluding hydrogens is 356 g/mol. The molecule has 1 saturated heterocycles. The van der Waals surface area contributed by atoms with Crippen LogP contribution in [0.5, 0.6) is 0 Å². The number of hydrogen-bond acceptors (Lipinski definition) is 2. The number of aliphatic hydroxyl groups excluding tert-OH is 1. The first-order chi connectivity index (χ1) is 13.7. The molecular formula is C27H42O2. The summed E-state index contributed by atoms with van der Waals surface area (Å²) in [7, 11) is 0. The summed E-state index contributed by atoms with van der Waals surface area (Å²) in [6, 6.07) is 0. The second-order valence-electron chi connectivity index (χ2n) is 12.2. The third-order valence-electron chi connectivity index (χ3n) is 10.2. The zero-order valence-electron chi connectivity index (χ0n) is 19.3. The Hall–Kier alpha value is -0.600. The molecule has 4 fully saturated rings. The van der Waals surface area contributed by atoms with Gasteiger partial charge in [0.25, 0.3) is 0 Å². The highest BCUT2D eigenvalue weighted by Gasteiger charge is 2.73. The first-order valence-corrected chi connectivity index (χ1v) is 12.5. The van der Waals surface area contributed by atoms with E-state index < -0.39 is 0 Å². The second kappa shape index (κ2) is 6.70. The van der Waals surface area contributed by atoms with E-state index in [1.54, 1.807) is 5.57 Å². The molecule has 0 amide bonds. The van der Waals surface area contributed by atoms with Gasteiger partial charge in [-0.1, -0.05) is 58.4 Å². The van der Waals surface area contributed by atoms with E-state index in [9.17, 15) is 5.11 Å². The van der Waals surface area contributed by atoms with E-state index in [-0.39, 0.29) is 23.2 Å². The van der Waals surface area contributed by atoms with Crippen LogP contribution in [0.3, 0.4) is 0 Å². The van der Waals surface area contributed by atoms with Gasteiger partial charge in [-0.05, 0) is 80.0 Å². The maximum Gasteiger partial charge on any atom is 0.107 e. The third kappa shape index (κ3) is 2.80. The van der Waals surface area contributed by atoms with Gasteiger partial charge in [0.1, 0.15) is 11.7 Å². The van der Waals surface area contributed by atoms with E-state index in [1.165, 1.54) is 32.1 Å². The lowest BCUT2D eigenvalue weighted by molar-refractivity contribution is -0.0527. The fourth-order valence-electron chi connectivity index (χ4n) is 8.51. The molecule has 0 aromatic rings. The Bertz CT molecular complexity index is 722. The number of rotatable bonds is 4. The number of fused-ring (bicyclic) bond motifs is 4. The molecule has 2 nitrogen and oxygen atoms in total. The van der Waals surface area contributed by atoms with Crippen LogP contribution in [0.1, 0.15) is 86.0 Å². The Morgan fingerprint density at radius 3 is 2.66 bits per heavy atom. The number of epoxide rings is 1. The molecule has 29 heavy (non-hydrogen) atoms. The molecule has 1 spiro atoms. The summed E-state index contributed by atoms with van der Waals surface area (Å²) in [4.78, 5) is 0. The molecule has 1 heterocycles. The molecule has 4 aliphatic carbocycles. The Labute approximate surface area is 178 Å². The maximum atomic E-state index is 10.3. The van der Waals surface area contributed by atoms with E-state index in [2.05, 4.69) is 52.8 Å². The molecule has 9 unspecified atom stereocenters. The van der Waals surface area contributed by atoms with Crippen LogP contribution in [-0.4, -0.2) is 22.9 Å². The van der Waals surface area contributed by atoms with Gasteiger partial charge in [0, 0.05) is 11.8 Å². The number of allylic oxidation sites excluding steroid dienone is 3. The molecule has 5 rings (SSSR count). The van der Waals surface area contributed by atoms with Crippen molar-refractivity contribution in [3.8, 4) is 0 Å². The molecule has 9 atom stereocenters. The maximum absolute atomic E-state index is 10.3. The summed E-state index contributed by atoms with van der Waals surface area (Å²) in [5.74, 6) is 3.67. The average Bonchev–Trinajstić information content (AvgIpc) is 3.22. The van der Waals surface area contributed by atoms with Crippen molar-refractivity contribution >= 4 is 0 Å². The summed E-state index contributed by atoms with van der Waals surface area (Å²) in [6.07, 6.45) is 17.2. The van der Waals surface area contributed by atoms with Gasteiger partial charge >= 0.3 is 0 Å². The van der Waals surface area contributed by atoms with Crippen LogP contribution in [-0.2, 0) is 4.74 Å². The quantitative estimate of drug-likeness (QED) is 0.445. The third-order valence-corrected chi connectivity index (χ3v) is 10.2. The van der Waals surface area contributed by atoms with Crippen molar-refractivity contribution in [1.29, 1.82) is 0 Å². The summed E-state index contributed by atoms with van der Waals surface area (Å²) in [5, 5.41) is 10.3. The predicted octanol–water partition coefficient (Wildman–Crippen LogP) is 6.30. The SMILES string of the molecule is CC(C)CC=CC(C)C1CCC2C3=CC4OC45CC(O)CCC5(C)C3CCC21C. The van der Waals surface area contributed by atoms with Gasteiger partial charge in [-0.15, -0.1) is 0 Å². The molecule has 2 heteroatoms. The lowest BCUT2D eigenvalue weighted by atomic mass is 9.47. The summed E-state index contributed by atoms with van der Waals surface area (Å²) >= 11 is 0. The van der Waals surface area contributed by atoms with Crippen LogP contribution in [0.15, 0.2) is 23.8 Å². The number of hydrogen-bond donors (Lipinski definition) is 1. The summed E-state index contributed by atoms with van der Waals surface area (Å²) in [5.41, 5.74) is 2.40. The zero-order chi connectivity index (χ0) is 20.6. The largest absolute Gasteiger partial charge is 0.393 e. The van der Waals surface area contributed by atoms with Crippen LogP contribution >= 0.6 is 0 Å². The van der Waals surface area contributed by atoms with Crippen molar-refractivity contribution in [3.63, 3.8) is 0 Å². The minimum Gasteiger partial charge on any atom is -0.393 e. The van der Waals surface area contributed by atoms with Gasteiger partial charge in [0.15, 0.2) is 0 Å². The molecule has 1 N–H and O–H groups in total. The number of aliphatic hydroxyl groups is 1. The highest BCUT2D eigenvalue weighted by atomic mass is 16.6. The van der Waals surface area contributed by atoms with Gasteiger partial charge < -0.3 is 9.84 Å². The molecule has 0 bridgehead atoms. The molecule has 0 radical (unpaired) electrons. The minimum atomic E-state index is -0.161. The smallest absolute Gasteiger partial charge is 0.107 e. The molecule has 0 aromatic heterocycles. The van der Waals surface area contributed by atoms with Crippen molar-refractivity contribution in [2.45, 2.75) is 104 Å². The van der Waals surface area contributed by atoms with Crippen molar-refractivity contribution in [3.05, 3.63) is 23.8 Å². The minimum absolute atomic E-state index is 0.0442. The van der Waals surface area contributed by atoms with Crippen molar-refractivity contribution in [2.75, 3.05) is 0 Å². The summed E-state index contributed by atoms with van der Waals surface area (Å²) < 4.78 is 6.42. The lowest BCUT2D eigenvalue weighted by Gasteiger charge is -2.56. The summed E-state index contributed by atoms with van der Waals surface area (Å²) in [6.45, 7) is 12.2. The van der Waals surface area contributed by atoms with E-state index in [0.717, 1.165) is 37.0 Å². The van der Waals surface area contributed by atoms with Crippen molar-refractivity contribution < 1.29 is 9.84 Å². The van der Waals surface area contributed by atoms with E-state index in [1.807, 2.05) is 0 Å². The molecule has 0 aromatic carbocycles. The monoisotopic (exact) mass is 398 g/mol. The Kier molecular flexibility index (Phi) is 4.69. The van der Waals surface area contributed by atoms with E-state index >= 15 is 0 Å². The fraction of sp³-hybridized carbons (Fsp3) is 0.852. The molecule has 3 saturated carbocycles. The van der Waals surface area contributed by atoms with Crippen molar-refractivity contribution in [1.82, 2.24) is 0 Å².